The van der Waals surface area contributed by atoms with E-state index in [1.807, 2.05) is 28.9 Å². The highest BCUT2D eigenvalue weighted by Crippen LogP contribution is 2.43. The molecule has 0 aliphatic carbocycles. The molecule has 0 fully saturated rings. The molecule has 13 rings (SSSR count). The lowest BCUT2D eigenvalue weighted by Crippen LogP contribution is -2.04. The molecular formula is C56H36N6. The zero-order chi connectivity index (χ0) is 40.7. The van der Waals surface area contributed by atoms with Crippen molar-refractivity contribution in [3.8, 4) is 45.5 Å². The van der Waals surface area contributed by atoms with Crippen LogP contribution in [-0.2, 0) is 0 Å². The molecule has 4 aromatic heterocycles. The van der Waals surface area contributed by atoms with Crippen LogP contribution in [0.2, 0.25) is 0 Å². The topological polar surface area (TPSA) is 45.5 Å². The smallest absolute Gasteiger partial charge is 0.182 e. The molecule has 0 spiro atoms. The van der Waals surface area contributed by atoms with Crippen LogP contribution in [0.1, 0.15) is 0 Å². The molecule has 4 heterocycles. The van der Waals surface area contributed by atoms with E-state index in [0.717, 1.165) is 67.2 Å². The molecule has 0 unspecified atom stereocenters. The van der Waals surface area contributed by atoms with Crippen molar-refractivity contribution in [3.63, 3.8) is 0 Å². The lowest BCUT2D eigenvalue weighted by Gasteiger charge is -2.15. The maximum Gasteiger partial charge on any atom is 0.182 e. The first-order chi connectivity index (χ1) is 30.8. The van der Waals surface area contributed by atoms with Crippen LogP contribution >= 0.6 is 0 Å². The van der Waals surface area contributed by atoms with Crippen LogP contribution in [0.25, 0.3) is 111 Å². The fraction of sp³-hybridized carbons (Fsp3) is 0. The zero-order valence-corrected chi connectivity index (χ0v) is 33.5. The summed E-state index contributed by atoms with van der Waals surface area (Å²) in [5.74, 6) is 1.46. The van der Waals surface area contributed by atoms with Gasteiger partial charge in [0.2, 0.25) is 0 Å². The van der Waals surface area contributed by atoms with Crippen molar-refractivity contribution in [1.82, 2.24) is 28.5 Å². The summed E-state index contributed by atoms with van der Waals surface area (Å²) in [4.78, 5) is 5.19. The van der Waals surface area contributed by atoms with Crippen molar-refractivity contribution in [2.75, 3.05) is 0 Å². The Balaban J connectivity index is 1.08. The molecule has 0 saturated carbocycles. The van der Waals surface area contributed by atoms with E-state index in [9.17, 15) is 0 Å². The average molecular weight is 793 g/mol. The summed E-state index contributed by atoms with van der Waals surface area (Å²) in [5, 5.41) is 12.5. The fourth-order valence-electron chi connectivity index (χ4n) is 9.81. The maximum atomic E-state index is 5.26. The number of aromatic nitrogens is 6. The number of hydrogen-bond acceptors (Lipinski definition) is 2. The Hall–Kier alpha value is -8.48. The van der Waals surface area contributed by atoms with Crippen LogP contribution in [0.4, 0.5) is 0 Å². The highest BCUT2D eigenvalue weighted by atomic mass is 15.4. The molecule has 6 nitrogen and oxygen atoms in total. The van der Waals surface area contributed by atoms with Gasteiger partial charge in [-0.05, 0) is 60.7 Å². The Morgan fingerprint density at radius 1 is 0.323 bits per heavy atom. The van der Waals surface area contributed by atoms with Crippen LogP contribution in [0, 0.1) is 0 Å². The van der Waals surface area contributed by atoms with Gasteiger partial charge in [-0.1, -0.05) is 158 Å². The second kappa shape index (κ2) is 13.5. The SMILES string of the molecule is c1ccc(-c2nc(-c3ccccc3)n(-c3cccc4c5ccccc5n(-c5cccc(-n6c7ccccc7c7c6ccc6c8ccccc8n(-c8ccccc8)c67)c5)c34)n2)cc1. The number of fused-ring (bicyclic) bond motifs is 10. The third kappa shape index (κ3) is 5.04. The van der Waals surface area contributed by atoms with Crippen LogP contribution in [0.15, 0.2) is 218 Å². The van der Waals surface area contributed by atoms with Crippen molar-refractivity contribution in [2.24, 2.45) is 0 Å². The minimum Gasteiger partial charge on any atom is -0.309 e. The Bertz CT molecular complexity index is 3850. The highest BCUT2D eigenvalue weighted by molar-refractivity contribution is 6.26. The number of para-hydroxylation sites is 5. The van der Waals surface area contributed by atoms with Crippen LogP contribution in [0.3, 0.4) is 0 Å². The monoisotopic (exact) mass is 792 g/mol. The van der Waals surface area contributed by atoms with Gasteiger partial charge in [-0.2, -0.15) is 0 Å². The minimum atomic E-state index is 0.679. The lowest BCUT2D eigenvalue weighted by atomic mass is 10.1. The van der Waals surface area contributed by atoms with E-state index < -0.39 is 0 Å². The van der Waals surface area contributed by atoms with E-state index in [4.69, 9.17) is 10.1 Å². The predicted molar refractivity (Wildman–Crippen MR) is 255 cm³/mol. The van der Waals surface area contributed by atoms with Gasteiger partial charge in [0.25, 0.3) is 0 Å². The molecule has 62 heavy (non-hydrogen) atoms. The summed E-state index contributed by atoms with van der Waals surface area (Å²) in [7, 11) is 0. The van der Waals surface area contributed by atoms with Crippen molar-refractivity contribution >= 4 is 65.4 Å². The molecule has 290 valence electrons. The van der Waals surface area contributed by atoms with E-state index in [2.05, 4.69) is 208 Å². The normalized spacial score (nSPS) is 11.9. The molecule has 9 aromatic carbocycles. The standard InChI is InChI=1S/C56H36N6/c1-4-18-37(19-5-1)55-57-56(38-20-6-2-7-21-38)62(58-55)51-33-17-29-44-42-26-10-14-31-48(42)61(53(44)51)41-25-16-24-40(36-41)59-49-32-15-12-28-46(49)52-50(59)35-34-45-43-27-11-13-30-47(43)60(54(45)52)39-22-8-3-9-23-39/h1-36H. The summed E-state index contributed by atoms with van der Waals surface area (Å²) in [6.45, 7) is 0. The molecular weight excluding hydrogens is 757 g/mol. The summed E-state index contributed by atoms with van der Waals surface area (Å²) in [6.07, 6.45) is 0. The third-order valence-corrected chi connectivity index (χ3v) is 12.4. The van der Waals surface area contributed by atoms with Gasteiger partial charge in [-0.15, -0.1) is 5.10 Å². The molecule has 0 saturated heterocycles. The first-order valence-corrected chi connectivity index (χ1v) is 21.0. The van der Waals surface area contributed by atoms with Gasteiger partial charge in [0, 0.05) is 60.5 Å². The van der Waals surface area contributed by atoms with E-state index in [1.165, 1.54) is 38.0 Å². The fourth-order valence-corrected chi connectivity index (χ4v) is 9.81. The number of hydrogen-bond donors (Lipinski definition) is 0. The van der Waals surface area contributed by atoms with E-state index in [0.29, 0.717) is 5.82 Å². The molecule has 0 bridgehead atoms. The first kappa shape index (κ1) is 34.4. The second-order valence-corrected chi connectivity index (χ2v) is 15.8. The molecule has 0 amide bonds. The van der Waals surface area contributed by atoms with Gasteiger partial charge in [0.05, 0.1) is 38.8 Å². The Kier molecular flexibility index (Phi) is 7.50. The predicted octanol–water partition coefficient (Wildman–Crippen LogP) is 13.9. The van der Waals surface area contributed by atoms with E-state index >= 15 is 0 Å². The van der Waals surface area contributed by atoms with Gasteiger partial charge in [0.15, 0.2) is 11.6 Å². The van der Waals surface area contributed by atoms with Crippen LogP contribution in [0.5, 0.6) is 0 Å². The summed E-state index contributed by atoms with van der Waals surface area (Å²) >= 11 is 0. The van der Waals surface area contributed by atoms with Crippen LogP contribution < -0.4 is 0 Å². The molecule has 0 N–H and O–H groups in total. The molecule has 0 aliphatic rings. The number of benzene rings is 9. The van der Waals surface area contributed by atoms with Crippen molar-refractivity contribution in [3.05, 3.63) is 218 Å². The van der Waals surface area contributed by atoms with E-state index in [1.54, 1.807) is 0 Å². The second-order valence-electron chi connectivity index (χ2n) is 15.8. The minimum absolute atomic E-state index is 0.679. The van der Waals surface area contributed by atoms with Gasteiger partial charge in [-0.25, -0.2) is 9.67 Å². The molecule has 0 radical (unpaired) electrons. The molecule has 6 heteroatoms. The van der Waals surface area contributed by atoms with Gasteiger partial charge >= 0.3 is 0 Å². The van der Waals surface area contributed by atoms with Crippen LogP contribution in [-0.4, -0.2) is 28.5 Å². The molecule has 0 atom stereocenters. The molecule has 0 aliphatic heterocycles. The zero-order valence-electron chi connectivity index (χ0n) is 33.5. The largest absolute Gasteiger partial charge is 0.309 e. The Morgan fingerprint density at radius 3 is 1.52 bits per heavy atom. The van der Waals surface area contributed by atoms with Gasteiger partial charge in [-0.3, -0.25) is 0 Å². The highest BCUT2D eigenvalue weighted by Gasteiger charge is 2.24. The number of rotatable bonds is 6. The maximum absolute atomic E-state index is 5.26. The Labute approximate surface area is 356 Å². The van der Waals surface area contributed by atoms with Gasteiger partial charge < -0.3 is 13.7 Å². The van der Waals surface area contributed by atoms with E-state index in [-0.39, 0.29) is 0 Å². The average Bonchev–Trinajstić information content (AvgIpc) is 4.11. The summed E-state index contributed by atoms with van der Waals surface area (Å²) in [5.41, 5.74) is 13.1. The third-order valence-electron chi connectivity index (χ3n) is 12.4. The van der Waals surface area contributed by atoms with Crippen molar-refractivity contribution < 1.29 is 0 Å². The summed E-state index contributed by atoms with van der Waals surface area (Å²) in [6, 6.07) is 77.8. The Morgan fingerprint density at radius 2 is 0.823 bits per heavy atom. The first-order valence-electron chi connectivity index (χ1n) is 21.0. The van der Waals surface area contributed by atoms with Crippen molar-refractivity contribution in [2.45, 2.75) is 0 Å². The van der Waals surface area contributed by atoms with Crippen molar-refractivity contribution in [1.29, 1.82) is 0 Å². The number of nitrogens with zero attached hydrogens (tertiary/aromatic N) is 6. The summed E-state index contributed by atoms with van der Waals surface area (Å²) < 4.78 is 9.31. The molecule has 13 aromatic rings. The lowest BCUT2D eigenvalue weighted by molar-refractivity contribution is 0.892. The van der Waals surface area contributed by atoms with Gasteiger partial charge in [0.1, 0.15) is 0 Å². The quantitative estimate of drug-likeness (QED) is 0.168.